The van der Waals surface area contributed by atoms with Crippen LogP contribution in [0, 0.1) is 0 Å². The van der Waals surface area contributed by atoms with Crippen molar-refractivity contribution in [2.75, 3.05) is 20.3 Å². The summed E-state index contributed by atoms with van der Waals surface area (Å²) in [7, 11) is 0.542. The van der Waals surface area contributed by atoms with Crippen molar-refractivity contribution in [3.63, 3.8) is 0 Å². The number of pyridine rings is 1. The summed E-state index contributed by atoms with van der Waals surface area (Å²) in [4.78, 5) is 4.34. The Kier molecular flexibility index (Phi) is 9.97. The second kappa shape index (κ2) is 12.2. The lowest BCUT2D eigenvalue weighted by Gasteiger charge is -2.25. The molecule has 1 aromatic heterocycles. The minimum Gasteiger partial charge on any atom is -0.493 e. The number of rotatable bonds is 13. The van der Waals surface area contributed by atoms with E-state index in [1.54, 1.807) is 40.3 Å². The van der Waals surface area contributed by atoms with Gasteiger partial charge in [-0.1, -0.05) is 13.0 Å². The molecule has 1 aromatic carbocycles. The van der Waals surface area contributed by atoms with Gasteiger partial charge in [-0.25, -0.2) is 0 Å². The molecule has 0 unspecified atom stereocenters. The van der Waals surface area contributed by atoms with Crippen LogP contribution in [0.1, 0.15) is 52.0 Å². The fraction of sp³-hybridized carbons (Fsp3) is 0.542. The molecule has 8 heteroatoms. The van der Waals surface area contributed by atoms with Gasteiger partial charge in [0.25, 0.3) is 0 Å². The highest BCUT2D eigenvalue weighted by molar-refractivity contribution is 6.43. The molecule has 0 bridgehead atoms. The van der Waals surface area contributed by atoms with Gasteiger partial charge < -0.3 is 29.4 Å². The van der Waals surface area contributed by atoms with E-state index in [0.717, 1.165) is 23.1 Å². The SMILES string of the molecule is CCCOc1cc(-c2cncc([C@@H](CO)CB(O)O[C@H](C)CC(C)(C)O)c2)ccc1OC. The minimum atomic E-state index is -1.07. The van der Waals surface area contributed by atoms with Crippen molar-refractivity contribution in [2.45, 2.75) is 64.5 Å². The number of methoxy groups -OCH3 is 1. The summed E-state index contributed by atoms with van der Waals surface area (Å²) in [6, 6.07) is 7.66. The van der Waals surface area contributed by atoms with Crippen LogP contribution in [0.15, 0.2) is 36.7 Å². The summed E-state index contributed by atoms with van der Waals surface area (Å²) in [5, 5.41) is 30.2. The zero-order chi connectivity index (χ0) is 23.7. The fourth-order valence-electron chi connectivity index (χ4n) is 3.65. The number of benzene rings is 1. The Morgan fingerprint density at radius 3 is 2.50 bits per heavy atom. The van der Waals surface area contributed by atoms with Crippen LogP contribution in [-0.2, 0) is 4.65 Å². The van der Waals surface area contributed by atoms with Gasteiger partial charge in [-0.15, -0.1) is 0 Å². The van der Waals surface area contributed by atoms with Crippen LogP contribution in [0.25, 0.3) is 11.1 Å². The van der Waals surface area contributed by atoms with Gasteiger partial charge in [0.2, 0.25) is 0 Å². The van der Waals surface area contributed by atoms with E-state index in [0.29, 0.717) is 24.5 Å². The molecule has 0 radical (unpaired) electrons. The van der Waals surface area contributed by atoms with Crippen molar-refractivity contribution in [1.82, 2.24) is 4.98 Å². The average molecular weight is 445 g/mol. The highest BCUT2D eigenvalue weighted by Gasteiger charge is 2.26. The molecule has 0 aliphatic heterocycles. The van der Waals surface area contributed by atoms with Crippen molar-refractivity contribution < 1.29 is 29.4 Å². The highest BCUT2D eigenvalue weighted by atomic mass is 16.5. The molecule has 0 saturated heterocycles. The van der Waals surface area contributed by atoms with E-state index in [2.05, 4.69) is 4.98 Å². The first-order valence-corrected chi connectivity index (χ1v) is 11.1. The molecule has 2 aromatic rings. The molecule has 0 aliphatic rings. The predicted octanol–water partition coefficient (Wildman–Crippen LogP) is 3.67. The van der Waals surface area contributed by atoms with E-state index in [1.165, 1.54) is 0 Å². The minimum absolute atomic E-state index is 0.154. The summed E-state index contributed by atoms with van der Waals surface area (Å²) >= 11 is 0. The van der Waals surface area contributed by atoms with Gasteiger partial charge in [0.1, 0.15) is 0 Å². The Bertz CT molecular complexity index is 841. The molecule has 7 nitrogen and oxygen atoms in total. The summed E-state index contributed by atoms with van der Waals surface area (Å²) in [5.74, 6) is 0.987. The van der Waals surface area contributed by atoms with E-state index in [1.807, 2.05) is 31.2 Å². The third-order valence-corrected chi connectivity index (χ3v) is 5.07. The zero-order valence-electron chi connectivity index (χ0n) is 19.7. The third-order valence-electron chi connectivity index (χ3n) is 5.07. The highest BCUT2D eigenvalue weighted by Crippen LogP contribution is 2.34. The lowest BCUT2D eigenvalue weighted by atomic mass is 9.75. The molecular weight excluding hydrogens is 409 g/mol. The summed E-state index contributed by atoms with van der Waals surface area (Å²) in [6.45, 7) is 7.69. The molecule has 2 atom stereocenters. The van der Waals surface area contributed by atoms with E-state index in [9.17, 15) is 15.2 Å². The average Bonchev–Trinajstić information content (AvgIpc) is 2.74. The third kappa shape index (κ3) is 8.09. The van der Waals surface area contributed by atoms with Crippen LogP contribution in [0.3, 0.4) is 0 Å². The maximum absolute atomic E-state index is 10.4. The molecule has 0 fully saturated rings. The summed E-state index contributed by atoms with van der Waals surface area (Å²) < 4.78 is 16.8. The maximum Gasteiger partial charge on any atom is 0.455 e. The van der Waals surface area contributed by atoms with E-state index < -0.39 is 12.7 Å². The van der Waals surface area contributed by atoms with Crippen LogP contribution in [-0.4, -0.2) is 59.4 Å². The predicted molar refractivity (Wildman–Crippen MR) is 126 cm³/mol. The van der Waals surface area contributed by atoms with Crippen molar-refractivity contribution in [2.24, 2.45) is 0 Å². The van der Waals surface area contributed by atoms with Crippen LogP contribution in [0.2, 0.25) is 6.32 Å². The molecule has 0 spiro atoms. The molecular formula is C24H36BNO6. The number of aliphatic hydroxyl groups is 2. The molecule has 1 heterocycles. The topological polar surface area (TPSA) is 101 Å². The van der Waals surface area contributed by atoms with Crippen LogP contribution >= 0.6 is 0 Å². The van der Waals surface area contributed by atoms with Gasteiger partial charge in [-0.3, -0.25) is 4.98 Å². The van der Waals surface area contributed by atoms with Crippen LogP contribution in [0.4, 0.5) is 0 Å². The Hall–Kier alpha value is -2.13. The number of aliphatic hydroxyl groups excluding tert-OH is 1. The van der Waals surface area contributed by atoms with Crippen molar-refractivity contribution in [1.29, 1.82) is 0 Å². The maximum atomic E-state index is 10.4. The molecule has 0 amide bonds. The largest absolute Gasteiger partial charge is 0.493 e. The Morgan fingerprint density at radius 2 is 1.88 bits per heavy atom. The molecule has 2 rings (SSSR count). The normalized spacial score (nSPS) is 13.5. The second-order valence-electron chi connectivity index (χ2n) is 8.75. The first kappa shape index (κ1) is 26.1. The molecule has 176 valence electrons. The lowest BCUT2D eigenvalue weighted by molar-refractivity contribution is 0.0263. The zero-order valence-corrected chi connectivity index (χ0v) is 19.7. The van der Waals surface area contributed by atoms with Crippen LogP contribution < -0.4 is 9.47 Å². The first-order valence-electron chi connectivity index (χ1n) is 11.1. The fourth-order valence-corrected chi connectivity index (χ4v) is 3.65. The van der Waals surface area contributed by atoms with Gasteiger partial charge in [0.15, 0.2) is 11.5 Å². The quantitative estimate of drug-likeness (QED) is 0.405. The first-order chi connectivity index (χ1) is 15.2. The summed E-state index contributed by atoms with van der Waals surface area (Å²) in [6.07, 6.45) is 4.61. The van der Waals surface area contributed by atoms with E-state index >= 15 is 0 Å². The number of hydrogen-bond acceptors (Lipinski definition) is 7. The Morgan fingerprint density at radius 1 is 1.12 bits per heavy atom. The smallest absolute Gasteiger partial charge is 0.455 e. The number of nitrogens with zero attached hydrogens (tertiary/aromatic N) is 1. The number of aromatic nitrogens is 1. The van der Waals surface area contributed by atoms with E-state index in [-0.39, 0.29) is 24.9 Å². The number of hydrogen-bond donors (Lipinski definition) is 3. The summed E-state index contributed by atoms with van der Waals surface area (Å²) in [5.41, 5.74) is 1.70. The van der Waals surface area contributed by atoms with Crippen molar-refractivity contribution in [3.05, 3.63) is 42.2 Å². The van der Waals surface area contributed by atoms with Gasteiger partial charge >= 0.3 is 7.12 Å². The standard InChI is InChI=1S/C24H36BNO6/c1-6-9-31-23-11-18(7-8-22(23)30-5)19-10-20(15-26-14-19)21(16-27)13-25(29)32-17(2)12-24(3,4)28/h7-8,10-11,14-15,17,21,27-29H,6,9,12-13,16H2,1-5H3/t17-,21-/m1/s1. The van der Waals surface area contributed by atoms with Crippen molar-refractivity contribution in [3.8, 4) is 22.6 Å². The molecule has 3 N–H and O–H groups in total. The lowest BCUT2D eigenvalue weighted by Crippen LogP contribution is -2.32. The van der Waals surface area contributed by atoms with Crippen LogP contribution in [0.5, 0.6) is 11.5 Å². The van der Waals surface area contributed by atoms with Gasteiger partial charge in [-0.2, -0.15) is 0 Å². The Labute approximate surface area is 191 Å². The Balaban J connectivity index is 2.16. The van der Waals surface area contributed by atoms with Gasteiger partial charge in [0.05, 0.1) is 19.3 Å². The number of ether oxygens (including phenoxy) is 2. The monoisotopic (exact) mass is 445 g/mol. The van der Waals surface area contributed by atoms with Gasteiger partial charge in [-0.05, 0) is 69.3 Å². The molecule has 32 heavy (non-hydrogen) atoms. The van der Waals surface area contributed by atoms with Crippen molar-refractivity contribution >= 4 is 7.12 Å². The second-order valence-corrected chi connectivity index (χ2v) is 8.75. The van der Waals surface area contributed by atoms with Gasteiger partial charge in [0, 0.05) is 36.6 Å². The molecule has 0 aliphatic carbocycles. The van der Waals surface area contributed by atoms with E-state index in [4.69, 9.17) is 14.1 Å². The molecule has 0 saturated carbocycles.